The number of nitrogens with two attached hydrogens (primary N) is 1. The van der Waals surface area contributed by atoms with Gasteiger partial charge >= 0.3 is 0 Å². The molecule has 2 aromatic carbocycles. The zero-order chi connectivity index (χ0) is 17.8. The summed E-state index contributed by atoms with van der Waals surface area (Å²) in [6.45, 7) is 4.47. The van der Waals surface area contributed by atoms with E-state index < -0.39 is 5.54 Å². The monoisotopic (exact) mass is 352 g/mol. The average Bonchev–Trinajstić information content (AvgIpc) is 3.00. The number of aliphatic imine (C=N–C) groups is 1. The molecule has 2 N–H and O–H groups in total. The van der Waals surface area contributed by atoms with Crippen molar-refractivity contribution < 1.29 is 18.9 Å². The normalized spacial score (nSPS) is 24.6. The SMILES string of the molecule is CC1(COc2cccc3c2C2(COC(N)=N2)c2ccccc2O3)COC1. The minimum absolute atomic E-state index is 0.0395. The number of benzene rings is 2. The van der Waals surface area contributed by atoms with Crippen LogP contribution in [0.2, 0.25) is 0 Å². The third kappa shape index (κ3) is 2.18. The molecule has 0 aromatic heterocycles. The second-order valence-corrected chi connectivity index (χ2v) is 7.42. The summed E-state index contributed by atoms with van der Waals surface area (Å²) in [6, 6.07) is 13.8. The molecule has 1 unspecified atom stereocenters. The van der Waals surface area contributed by atoms with Gasteiger partial charge in [0.15, 0.2) is 5.54 Å². The average molecular weight is 352 g/mol. The molecule has 3 aliphatic rings. The molecule has 5 rings (SSSR count). The van der Waals surface area contributed by atoms with Crippen molar-refractivity contribution in [1.82, 2.24) is 0 Å². The van der Waals surface area contributed by atoms with Crippen LogP contribution in [0.5, 0.6) is 17.2 Å². The lowest BCUT2D eigenvalue weighted by atomic mass is 9.81. The Morgan fingerprint density at radius 3 is 2.62 bits per heavy atom. The Labute approximate surface area is 151 Å². The van der Waals surface area contributed by atoms with Crippen LogP contribution in [0.25, 0.3) is 0 Å². The van der Waals surface area contributed by atoms with E-state index in [1.807, 2.05) is 42.5 Å². The lowest BCUT2D eigenvalue weighted by Gasteiger charge is -2.39. The zero-order valence-electron chi connectivity index (χ0n) is 14.5. The molecule has 3 aliphatic heterocycles. The number of hydrogen-bond donors (Lipinski definition) is 1. The van der Waals surface area contributed by atoms with Gasteiger partial charge in [-0.25, -0.2) is 4.99 Å². The van der Waals surface area contributed by atoms with Crippen molar-refractivity contribution in [3.63, 3.8) is 0 Å². The fraction of sp³-hybridized carbons (Fsp3) is 0.350. The van der Waals surface area contributed by atoms with E-state index in [1.165, 1.54) is 0 Å². The minimum atomic E-state index is -0.748. The third-order valence-electron chi connectivity index (χ3n) is 5.16. The van der Waals surface area contributed by atoms with Crippen molar-refractivity contribution in [3.8, 4) is 17.2 Å². The van der Waals surface area contributed by atoms with Gasteiger partial charge in [0, 0.05) is 11.0 Å². The first-order valence-electron chi connectivity index (χ1n) is 8.69. The quantitative estimate of drug-likeness (QED) is 0.919. The van der Waals surface area contributed by atoms with Crippen molar-refractivity contribution in [2.45, 2.75) is 12.5 Å². The first kappa shape index (κ1) is 15.5. The van der Waals surface area contributed by atoms with Gasteiger partial charge in [-0.2, -0.15) is 0 Å². The molecule has 0 amide bonds. The Bertz CT molecular complexity index is 906. The highest BCUT2D eigenvalue weighted by Crippen LogP contribution is 2.53. The molecule has 3 heterocycles. The van der Waals surface area contributed by atoms with Crippen molar-refractivity contribution in [1.29, 1.82) is 0 Å². The number of ether oxygens (including phenoxy) is 4. The Morgan fingerprint density at radius 2 is 1.88 bits per heavy atom. The first-order chi connectivity index (χ1) is 12.6. The van der Waals surface area contributed by atoms with E-state index in [2.05, 4.69) is 11.9 Å². The Hall–Kier alpha value is -2.73. The number of rotatable bonds is 3. The number of fused-ring (bicyclic) bond motifs is 4. The van der Waals surface area contributed by atoms with Crippen LogP contribution in [0.4, 0.5) is 0 Å². The number of nitrogens with zero attached hydrogens (tertiary/aromatic N) is 1. The Kier molecular flexibility index (Phi) is 3.21. The fourth-order valence-corrected chi connectivity index (χ4v) is 3.76. The van der Waals surface area contributed by atoms with E-state index in [-0.39, 0.29) is 11.4 Å². The first-order valence-corrected chi connectivity index (χ1v) is 8.69. The predicted octanol–water partition coefficient (Wildman–Crippen LogP) is 2.80. The molecule has 0 saturated carbocycles. The van der Waals surface area contributed by atoms with Gasteiger partial charge in [0.2, 0.25) is 0 Å². The molecule has 0 radical (unpaired) electrons. The molecule has 1 atom stereocenters. The summed E-state index contributed by atoms with van der Waals surface area (Å²) in [5.74, 6) is 2.23. The summed E-state index contributed by atoms with van der Waals surface area (Å²) in [4.78, 5) is 4.69. The molecular formula is C20H20N2O4. The van der Waals surface area contributed by atoms with Crippen LogP contribution in [0.3, 0.4) is 0 Å². The molecule has 0 bridgehead atoms. The molecule has 1 fully saturated rings. The molecule has 6 nitrogen and oxygen atoms in total. The molecule has 1 spiro atoms. The molecule has 1 saturated heterocycles. The van der Waals surface area contributed by atoms with E-state index in [0.717, 1.165) is 28.4 Å². The van der Waals surface area contributed by atoms with Crippen LogP contribution in [0.1, 0.15) is 18.1 Å². The predicted molar refractivity (Wildman–Crippen MR) is 95.7 cm³/mol. The van der Waals surface area contributed by atoms with Crippen molar-refractivity contribution in [3.05, 3.63) is 53.6 Å². The van der Waals surface area contributed by atoms with Gasteiger partial charge in [-0.15, -0.1) is 0 Å². The van der Waals surface area contributed by atoms with Gasteiger partial charge in [0.05, 0.1) is 25.4 Å². The summed E-state index contributed by atoms with van der Waals surface area (Å²) in [5, 5.41) is 0. The maximum Gasteiger partial charge on any atom is 0.283 e. The topological polar surface area (TPSA) is 75.3 Å². The Morgan fingerprint density at radius 1 is 1.08 bits per heavy atom. The highest BCUT2D eigenvalue weighted by molar-refractivity contribution is 5.77. The largest absolute Gasteiger partial charge is 0.492 e. The van der Waals surface area contributed by atoms with Crippen LogP contribution >= 0.6 is 0 Å². The van der Waals surface area contributed by atoms with Gasteiger partial charge in [-0.1, -0.05) is 31.2 Å². The van der Waals surface area contributed by atoms with Gasteiger partial charge in [-0.05, 0) is 18.2 Å². The number of amidine groups is 1. The Balaban J connectivity index is 1.63. The summed E-state index contributed by atoms with van der Waals surface area (Å²) in [7, 11) is 0. The van der Waals surface area contributed by atoms with Crippen LogP contribution in [0.15, 0.2) is 47.5 Å². The molecule has 6 heteroatoms. The van der Waals surface area contributed by atoms with Gasteiger partial charge in [0.25, 0.3) is 6.02 Å². The molecular weight excluding hydrogens is 332 g/mol. The van der Waals surface area contributed by atoms with Crippen LogP contribution in [-0.4, -0.2) is 32.4 Å². The lowest BCUT2D eigenvalue weighted by Crippen LogP contribution is -2.44. The van der Waals surface area contributed by atoms with Crippen LogP contribution < -0.4 is 15.2 Å². The van der Waals surface area contributed by atoms with Crippen LogP contribution in [-0.2, 0) is 15.0 Å². The fourth-order valence-electron chi connectivity index (χ4n) is 3.76. The second kappa shape index (κ2) is 5.38. The summed E-state index contributed by atoms with van der Waals surface area (Å²) in [5.41, 5.74) is 7.00. The van der Waals surface area contributed by atoms with E-state index >= 15 is 0 Å². The lowest BCUT2D eigenvalue weighted by molar-refractivity contribution is -0.120. The van der Waals surface area contributed by atoms with E-state index in [9.17, 15) is 0 Å². The highest BCUT2D eigenvalue weighted by Gasteiger charge is 2.49. The number of hydrogen-bond acceptors (Lipinski definition) is 6. The van der Waals surface area contributed by atoms with Crippen molar-refractivity contribution in [2.75, 3.05) is 26.4 Å². The zero-order valence-corrected chi connectivity index (χ0v) is 14.5. The van der Waals surface area contributed by atoms with Gasteiger partial charge in [-0.3, -0.25) is 0 Å². The molecule has 0 aliphatic carbocycles. The summed E-state index contributed by atoms with van der Waals surface area (Å²) >= 11 is 0. The smallest absolute Gasteiger partial charge is 0.283 e. The highest BCUT2D eigenvalue weighted by atomic mass is 16.5. The third-order valence-corrected chi connectivity index (χ3v) is 5.16. The maximum atomic E-state index is 6.22. The van der Waals surface area contributed by atoms with Gasteiger partial charge in [0.1, 0.15) is 23.9 Å². The van der Waals surface area contributed by atoms with Crippen molar-refractivity contribution >= 4 is 6.02 Å². The standard InChI is InChI=1S/C20H20N2O4/c1-19(9-23-10-19)11-24-15-7-4-8-16-17(15)20(12-25-18(21)22-20)13-5-2-3-6-14(13)26-16/h2-8H,9-12H2,1H3,(H2,21,22). The molecule has 26 heavy (non-hydrogen) atoms. The van der Waals surface area contributed by atoms with Gasteiger partial charge < -0.3 is 24.7 Å². The summed E-state index contributed by atoms with van der Waals surface area (Å²) in [6.07, 6.45) is 0. The summed E-state index contributed by atoms with van der Waals surface area (Å²) < 4.78 is 23.3. The minimum Gasteiger partial charge on any atom is -0.492 e. The second-order valence-electron chi connectivity index (χ2n) is 7.42. The van der Waals surface area contributed by atoms with Crippen molar-refractivity contribution in [2.24, 2.45) is 16.1 Å². The van der Waals surface area contributed by atoms with E-state index in [1.54, 1.807) is 0 Å². The van der Waals surface area contributed by atoms with E-state index in [0.29, 0.717) is 26.4 Å². The van der Waals surface area contributed by atoms with Crippen LogP contribution in [0, 0.1) is 5.41 Å². The number of para-hydroxylation sites is 1. The van der Waals surface area contributed by atoms with E-state index in [4.69, 9.17) is 24.7 Å². The molecule has 134 valence electrons. The molecule has 2 aromatic rings. The maximum absolute atomic E-state index is 6.22.